The van der Waals surface area contributed by atoms with Gasteiger partial charge in [-0.05, 0) is 36.8 Å². The normalized spacial score (nSPS) is 10.5. The fourth-order valence-corrected chi connectivity index (χ4v) is 2.40. The second-order valence-corrected chi connectivity index (χ2v) is 5.61. The van der Waals surface area contributed by atoms with Crippen LogP contribution in [0.25, 0.3) is 0 Å². The summed E-state index contributed by atoms with van der Waals surface area (Å²) >= 11 is 6.00. The van der Waals surface area contributed by atoms with E-state index in [1.807, 2.05) is 6.92 Å². The number of ether oxygens (including phenoxy) is 2. The van der Waals surface area contributed by atoms with Crippen LogP contribution in [0.3, 0.4) is 0 Å². The van der Waals surface area contributed by atoms with Crippen LogP contribution in [0.15, 0.2) is 36.4 Å². The summed E-state index contributed by atoms with van der Waals surface area (Å²) in [6.45, 7) is 2.50. The van der Waals surface area contributed by atoms with Crippen LogP contribution in [0.1, 0.15) is 18.1 Å². The second kappa shape index (κ2) is 9.25. The van der Waals surface area contributed by atoms with E-state index >= 15 is 0 Å². The van der Waals surface area contributed by atoms with Gasteiger partial charge in [-0.25, -0.2) is 4.39 Å². The summed E-state index contributed by atoms with van der Waals surface area (Å²) in [5.41, 5.74) is 1.12. The van der Waals surface area contributed by atoms with E-state index in [1.54, 1.807) is 24.3 Å². The van der Waals surface area contributed by atoms with Crippen LogP contribution in [-0.4, -0.2) is 24.2 Å². The Labute approximate surface area is 150 Å². The summed E-state index contributed by atoms with van der Waals surface area (Å²) < 4.78 is 25.0. The Kier molecular flexibility index (Phi) is 7.03. The highest BCUT2D eigenvalue weighted by molar-refractivity contribution is 6.31. The zero-order valence-corrected chi connectivity index (χ0v) is 14.5. The summed E-state index contributed by atoms with van der Waals surface area (Å²) in [6, 6.07) is 9.71. The number of halogens is 2. The van der Waals surface area contributed by atoms with Gasteiger partial charge in [0.2, 0.25) is 0 Å². The number of hydrogen-bond donors (Lipinski definition) is 2. The molecular weight excluding hydrogens is 349 g/mol. The summed E-state index contributed by atoms with van der Waals surface area (Å²) in [7, 11) is 0. The number of benzene rings is 2. The van der Waals surface area contributed by atoms with Crippen LogP contribution in [0.5, 0.6) is 11.5 Å². The van der Waals surface area contributed by atoms with Gasteiger partial charge in [-0.15, -0.1) is 0 Å². The second-order valence-electron chi connectivity index (χ2n) is 5.20. The average Bonchev–Trinajstić information content (AvgIpc) is 2.56. The van der Waals surface area contributed by atoms with Crippen molar-refractivity contribution in [2.75, 3.05) is 13.2 Å². The topological polar surface area (TPSA) is 67.8 Å². The Morgan fingerprint density at radius 2 is 2.04 bits per heavy atom. The molecule has 0 spiro atoms. The Morgan fingerprint density at radius 3 is 2.72 bits per heavy atom. The van der Waals surface area contributed by atoms with Gasteiger partial charge in [0.05, 0.1) is 18.2 Å². The van der Waals surface area contributed by atoms with Gasteiger partial charge in [0.15, 0.2) is 11.5 Å². The Hall–Kier alpha value is -2.31. The van der Waals surface area contributed by atoms with E-state index in [4.69, 9.17) is 26.2 Å². The first kappa shape index (κ1) is 19.0. The van der Waals surface area contributed by atoms with Gasteiger partial charge in [0, 0.05) is 12.1 Å². The predicted molar refractivity (Wildman–Crippen MR) is 92.7 cm³/mol. The Bertz CT molecular complexity index is 719. The lowest BCUT2D eigenvalue weighted by atomic mass is 10.2. The van der Waals surface area contributed by atoms with Gasteiger partial charge in [0.25, 0.3) is 0 Å². The minimum atomic E-state index is -0.924. The van der Waals surface area contributed by atoms with E-state index in [9.17, 15) is 9.18 Å². The van der Waals surface area contributed by atoms with Crippen molar-refractivity contribution in [3.8, 4) is 11.5 Å². The molecule has 2 aromatic carbocycles. The highest BCUT2D eigenvalue weighted by Gasteiger charge is 2.11. The van der Waals surface area contributed by atoms with Crippen LogP contribution in [0.2, 0.25) is 5.02 Å². The molecule has 134 valence electrons. The molecule has 0 heterocycles. The third kappa shape index (κ3) is 5.62. The van der Waals surface area contributed by atoms with E-state index in [-0.39, 0.29) is 18.7 Å². The molecule has 25 heavy (non-hydrogen) atoms. The van der Waals surface area contributed by atoms with Crippen molar-refractivity contribution in [3.63, 3.8) is 0 Å². The van der Waals surface area contributed by atoms with Gasteiger partial charge in [-0.3, -0.25) is 4.79 Å². The molecule has 5 nitrogen and oxygen atoms in total. The Balaban J connectivity index is 2.10. The van der Waals surface area contributed by atoms with Crippen molar-refractivity contribution in [1.29, 1.82) is 0 Å². The predicted octanol–water partition coefficient (Wildman–Crippen LogP) is 3.63. The molecule has 0 aliphatic carbocycles. The summed E-state index contributed by atoms with van der Waals surface area (Å²) in [4.78, 5) is 10.5. The quantitative estimate of drug-likeness (QED) is 0.708. The van der Waals surface area contributed by atoms with Crippen molar-refractivity contribution < 1.29 is 23.8 Å². The lowest BCUT2D eigenvalue weighted by Gasteiger charge is -2.14. The van der Waals surface area contributed by atoms with E-state index in [1.165, 1.54) is 12.1 Å². The maximum Gasteiger partial charge on any atom is 0.317 e. The molecule has 2 aromatic rings. The fourth-order valence-electron chi connectivity index (χ4n) is 2.18. The van der Waals surface area contributed by atoms with Gasteiger partial charge in [-0.1, -0.05) is 23.7 Å². The van der Waals surface area contributed by atoms with Crippen LogP contribution in [0.4, 0.5) is 4.39 Å². The molecule has 0 radical (unpaired) electrons. The smallest absolute Gasteiger partial charge is 0.317 e. The molecule has 0 amide bonds. The Morgan fingerprint density at radius 1 is 1.24 bits per heavy atom. The van der Waals surface area contributed by atoms with E-state index < -0.39 is 11.8 Å². The molecule has 0 unspecified atom stereocenters. The monoisotopic (exact) mass is 367 g/mol. The van der Waals surface area contributed by atoms with Crippen molar-refractivity contribution in [3.05, 3.63) is 58.4 Å². The van der Waals surface area contributed by atoms with Crippen molar-refractivity contribution in [2.45, 2.75) is 20.1 Å². The van der Waals surface area contributed by atoms with Crippen LogP contribution < -0.4 is 14.8 Å². The number of hydrogen-bond acceptors (Lipinski definition) is 4. The number of carbonyl (C=O) groups is 1. The molecule has 0 aliphatic rings. The summed E-state index contributed by atoms with van der Waals surface area (Å²) in [5.74, 6) is -0.389. The molecule has 0 bridgehead atoms. The zero-order chi connectivity index (χ0) is 18.2. The molecule has 7 heteroatoms. The van der Waals surface area contributed by atoms with Crippen LogP contribution in [0, 0.1) is 5.82 Å². The van der Waals surface area contributed by atoms with Crippen LogP contribution >= 0.6 is 11.6 Å². The average molecular weight is 368 g/mol. The number of aliphatic carboxylic acids is 1. The van der Waals surface area contributed by atoms with Crippen molar-refractivity contribution >= 4 is 17.6 Å². The standard InChI is InChI=1S/C18H19ClFNO4/c1-2-24-17-8-12(9-21-10-18(22)23)6-7-16(17)25-11-13-14(19)4-3-5-15(13)20/h3-8,21H,2,9-11H2,1H3,(H,22,23). The maximum atomic E-state index is 13.8. The summed E-state index contributed by atoms with van der Waals surface area (Å²) in [6.07, 6.45) is 0. The van der Waals surface area contributed by atoms with Crippen LogP contribution in [-0.2, 0) is 17.9 Å². The SMILES string of the molecule is CCOc1cc(CNCC(=O)O)ccc1OCc1c(F)cccc1Cl. The number of carboxylic acids is 1. The van der Waals surface area contributed by atoms with Gasteiger partial charge >= 0.3 is 5.97 Å². The third-order valence-corrected chi connectivity index (χ3v) is 3.70. The first-order valence-electron chi connectivity index (χ1n) is 7.75. The molecule has 2 N–H and O–H groups in total. The van der Waals surface area contributed by atoms with Gasteiger partial charge < -0.3 is 19.9 Å². The van der Waals surface area contributed by atoms with Gasteiger partial charge in [-0.2, -0.15) is 0 Å². The van der Waals surface area contributed by atoms with Crippen molar-refractivity contribution in [2.24, 2.45) is 0 Å². The molecule has 0 saturated heterocycles. The minimum absolute atomic E-state index is 0.0256. The first-order valence-corrected chi connectivity index (χ1v) is 8.13. The van der Waals surface area contributed by atoms with E-state index in [0.717, 1.165) is 5.56 Å². The molecular formula is C18H19ClFNO4. The first-order chi connectivity index (χ1) is 12.0. The molecule has 0 saturated carbocycles. The molecule has 2 rings (SSSR count). The number of nitrogens with one attached hydrogen (secondary N) is 1. The van der Waals surface area contributed by atoms with E-state index in [0.29, 0.717) is 29.7 Å². The van der Waals surface area contributed by atoms with Crippen molar-refractivity contribution in [1.82, 2.24) is 5.32 Å². The van der Waals surface area contributed by atoms with E-state index in [2.05, 4.69) is 5.32 Å². The zero-order valence-electron chi connectivity index (χ0n) is 13.7. The lowest BCUT2D eigenvalue weighted by Crippen LogP contribution is -2.21. The highest BCUT2D eigenvalue weighted by Crippen LogP contribution is 2.30. The summed E-state index contributed by atoms with van der Waals surface area (Å²) in [5, 5.41) is 11.7. The molecule has 0 aliphatic heterocycles. The van der Waals surface area contributed by atoms with Gasteiger partial charge in [0.1, 0.15) is 12.4 Å². The number of rotatable bonds is 9. The molecule has 0 aromatic heterocycles. The molecule has 0 fully saturated rings. The highest BCUT2D eigenvalue weighted by atomic mass is 35.5. The molecule has 0 atom stereocenters. The largest absolute Gasteiger partial charge is 0.490 e. The minimum Gasteiger partial charge on any atom is -0.490 e. The number of carboxylic acid groups (broad SMARTS) is 1. The fraction of sp³-hybridized carbons (Fsp3) is 0.278. The third-order valence-electron chi connectivity index (χ3n) is 3.35. The maximum absolute atomic E-state index is 13.8. The lowest BCUT2D eigenvalue weighted by molar-refractivity contribution is -0.135.